The standard InChI is InChI=1S/C19H24N4O5/c1-12-8-14(22-28-12)10-20-19(27)13-5-6-15(16(24)9-13)21-17(25)11-23-7-3-2-4-18(23)26/h2-4,7-8,13,15-16,24H,5-6,9-11H2,1H3,(H,20,27)(H,21,25)/t13-,15-,16-/m0/s1. The number of hydrogen-bond donors (Lipinski definition) is 3. The molecule has 150 valence electrons. The molecule has 1 fully saturated rings. The molecule has 2 heterocycles. The number of nitrogens with one attached hydrogen (secondary N) is 2. The second-order valence-corrected chi connectivity index (χ2v) is 7.06. The zero-order valence-electron chi connectivity index (χ0n) is 15.6. The molecule has 9 nitrogen and oxygen atoms in total. The Morgan fingerprint density at radius 1 is 1.36 bits per heavy atom. The average molecular weight is 388 g/mol. The number of nitrogens with zero attached hydrogens (tertiary/aromatic N) is 2. The minimum Gasteiger partial charge on any atom is -0.391 e. The minimum atomic E-state index is -0.824. The van der Waals surface area contributed by atoms with Gasteiger partial charge in [0.2, 0.25) is 11.8 Å². The molecule has 0 bridgehead atoms. The molecule has 3 atom stereocenters. The third-order valence-electron chi connectivity index (χ3n) is 4.87. The Morgan fingerprint density at radius 3 is 2.86 bits per heavy atom. The SMILES string of the molecule is Cc1cc(CNC(=O)[C@H]2CC[C@H](NC(=O)Cn3ccccc3=O)[C@@H](O)C2)no1. The van der Waals surface area contributed by atoms with Crippen molar-refractivity contribution in [2.24, 2.45) is 5.92 Å². The van der Waals surface area contributed by atoms with Crippen LogP contribution in [0.4, 0.5) is 0 Å². The number of rotatable bonds is 6. The summed E-state index contributed by atoms with van der Waals surface area (Å²) in [6, 6.07) is 5.98. The van der Waals surface area contributed by atoms with E-state index >= 15 is 0 Å². The van der Waals surface area contributed by atoms with Gasteiger partial charge in [0.05, 0.1) is 18.7 Å². The van der Waals surface area contributed by atoms with Crippen LogP contribution in [0, 0.1) is 12.8 Å². The van der Waals surface area contributed by atoms with Crippen molar-refractivity contribution >= 4 is 11.8 Å². The third kappa shape index (κ3) is 5.07. The zero-order chi connectivity index (χ0) is 20.1. The van der Waals surface area contributed by atoms with Crippen LogP contribution in [0.3, 0.4) is 0 Å². The zero-order valence-corrected chi connectivity index (χ0v) is 15.6. The van der Waals surface area contributed by atoms with E-state index in [4.69, 9.17) is 4.52 Å². The van der Waals surface area contributed by atoms with Gasteiger partial charge in [-0.15, -0.1) is 0 Å². The van der Waals surface area contributed by atoms with Gasteiger partial charge in [-0.3, -0.25) is 14.4 Å². The van der Waals surface area contributed by atoms with E-state index in [1.807, 2.05) is 0 Å². The van der Waals surface area contributed by atoms with Crippen molar-refractivity contribution in [3.05, 3.63) is 52.3 Å². The highest BCUT2D eigenvalue weighted by Gasteiger charge is 2.33. The molecule has 0 unspecified atom stereocenters. The van der Waals surface area contributed by atoms with Crippen LogP contribution in [-0.2, 0) is 22.7 Å². The monoisotopic (exact) mass is 388 g/mol. The van der Waals surface area contributed by atoms with Gasteiger partial charge < -0.3 is 24.8 Å². The van der Waals surface area contributed by atoms with Gasteiger partial charge in [0.1, 0.15) is 18.0 Å². The van der Waals surface area contributed by atoms with Crippen LogP contribution >= 0.6 is 0 Å². The molecule has 0 saturated heterocycles. The highest BCUT2D eigenvalue weighted by Crippen LogP contribution is 2.25. The molecule has 2 amide bonds. The fourth-order valence-corrected chi connectivity index (χ4v) is 3.37. The Morgan fingerprint density at radius 2 is 2.18 bits per heavy atom. The summed E-state index contributed by atoms with van der Waals surface area (Å²) >= 11 is 0. The van der Waals surface area contributed by atoms with E-state index in [1.54, 1.807) is 25.1 Å². The summed E-state index contributed by atoms with van der Waals surface area (Å²) in [5.74, 6) is -0.149. The van der Waals surface area contributed by atoms with Crippen LogP contribution in [0.2, 0.25) is 0 Å². The molecule has 2 aromatic rings. The van der Waals surface area contributed by atoms with Gasteiger partial charge in [0, 0.05) is 24.2 Å². The Balaban J connectivity index is 1.46. The molecule has 1 aliphatic rings. The lowest BCUT2D eigenvalue weighted by Crippen LogP contribution is -2.50. The molecule has 9 heteroatoms. The summed E-state index contributed by atoms with van der Waals surface area (Å²) in [6.07, 6.45) is 2.01. The van der Waals surface area contributed by atoms with Crippen molar-refractivity contribution < 1.29 is 19.2 Å². The Labute approximate surface area is 161 Å². The first-order valence-electron chi connectivity index (χ1n) is 9.25. The van der Waals surface area contributed by atoms with Crippen LogP contribution in [0.1, 0.15) is 30.7 Å². The van der Waals surface area contributed by atoms with Gasteiger partial charge in [-0.1, -0.05) is 11.2 Å². The van der Waals surface area contributed by atoms with Crippen LogP contribution in [0.15, 0.2) is 39.8 Å². The predicted octanol–water partition coefficient (Wildman–Crippen LogP) is 0.107. The largest absolute Gasteiger partial charge is 0.391 e. The Hall–Kier alpha value is -2.94. The number of carbonyl (C=O) groups excluding carboxylic acids is 2. The van der Waals surface area contributed by atoms with E-state index < -0.39 is 12.1 Å². The summed E-state index contributed by atoms with van der Waals surface area (Å²) in [7, 11) is 0. The number of amides is 2. The molecule has 28 heavy (non-hydrogen) atoms. The summed E-state index contributed by atoms with van der Waals surface area (Å²) < 4.78 is 6.26. The van der Waals surface area contributed by atoms with Crippen molar-refractivity contribution in [2.75, 3.05) is 0 Å². The highest BCUT2D eigenvalue weighted by molar-refractivity contribution is 5.79. The Kier molecular flexibility index (Phi) is 6.25. The van der Waals surface area contributed by atoms with E-state index in [0.29, 0.717) is 24.3 Å². The number of aliphatic hydroxyl groups excluding tert-OH is 1. The Bertz CT molecular complexity index is 890. The molecule has 0 aromatic carbocycles. The number of pyridine rings is 1. The lowest BCUT2D eigenvalue weighted by atomic mass is 9.83. The smallest absolute Gasteiger partial charge is 0.250 e. The van der Waals surface area contributed by atoms with Gasteiger partial charge >= 0.3 is 0 Å². The minimum absolute atomic E-state index is 0.107. The number of aryl methyl sites for hydroxylation is 1. The van der Waals surface area contributed by atoms with E-state index in [9.17, 15) is 19.5 Å². The van der Waals surface area contributed by atoms with Gasteiger partial charge in [-0.25, -0.2) is 0 Å². The van der Waals surface area contributed by atoms with E-state index in [0.717, 1.165) is 0 Å². The summed E-state index contributed by atoms with van der Waals surface area (Å²) in [5.41, 5.74) is 0.379. The summed E-state index contributed by atoms with van der Waals surface area (Å²) in [6.45, 7) is 1.94. The van der Waals surface area contributed by atoms with Crippen LogP contribution < -0.4 is 16.2 Å². The van der Waals surface area contributed by atoms with Crippen molar-refractivity contribution in [3.8, 4) is 0 Å². The average Bonchev–Trinajstić information content (AvgIpc) is 3.08. The molecule has 1 aliphatic carbocycles. The lowest BCUT2D eigenvalue weighted by molar-refractivity contribution is -0.128. The number of aromatic nitrogens is 2. The molecule has 0 spiro atoms. The first-order valence-corrected chi connectivity index (χ1v) is 9.25. The predicted molar refractivity (Wildman–Crippen MR) is 99.1 cm³/mol. The molecule has 2 aromatic heterocycles. The quantitative estimate of drug-likeness (QED) is 0.645. The maximum absolute atomic E-state index is 12.3. The topological polar surface area (TPSA) is 126 Å². The maximum atomic E-state index is 12.3. The fraction of sp³-hybridized carbons (Fsp3) is 0.474. The van der Waals surface area contributed by atoms with Gasteiger partial charge in [0.25, 0.3) is 5.56 Å². The second-order valence-electron chi connectivity index (χ2n) is 7.06. The fourth-order valence-electron chi connectivity index (χ4n) is 3.37. The molecule has 0 radical (unpaired) electrons. The summed E-state index contributed by atoms with van der Waals surface area (Å²) in [4.78, 5) is 36.2. The molecule has 1 saturated carbocycles. The maximum Gasteiger partial charge on any atom is 0.250 e. The molecule has 3 N–H and O–H groups in total. The third-order valence-corrected chi connectivity index (χ3v) is 4.87. The van der Waals surface area contributed by atoms with E-state index in [2.05, 4.69) is 15.8 Å². The van der Waals surface area contributed by atoms with Crippen molar-refractivity contribution in [1.29, 1.82) is 0 Å². The molecule has 0 aliphatic heterocycles. The molecular formula is C19H24N4O5. The van der Waals surface area contributed by atoms with Crippen molar-refractivity contribution in [1.82, 2.24) is 20.4 Å². The van der Waals surface area contributed by atoms with Crippen LogP contribution in [-0.4, -0.2) is 38.8 Å². The van der Waals surface area contributed by atoms with Crippen molar-refractivity contribution in [2.45, 2.75) is 51.4 Å². The van der Waals surface area contributed by atoms with Crippen molar-refractivity contribution in [3.63, 3.8) is 0 Å². The summed E-state index contributed by atoms with van der Waals surface area (Å²) in [5, 5.41) is 19.7. The highest BCUT2D eigenvalue weighted by atomic mass is 16.5. The van der Waals surface area contributed by atoms with Gasteiger partial charge in [-0.2, -0.15) is 0 Å². The number of hydrogen-bond acceptors (Lipinski definition) is 6. The molecule has 3 rings (SSSR count). The van der Waals surface area contributed by atoms with Crippen LogP contribution in [0.5, 0.6) is 0 Å². The normalized spacial score (nSPS) is 21.9. The van der Waals surface area contributed by atoms with E-state index in [1.165, 1.54) is 16.8 Å². The second kappa shape index (κ2) is 8.83. The first kappa shape index (κ1) is 19.8. The van der Waals surface area contributed by atoms with Gasteiger partial charge in [0.15, 0.2) is 0 Å². The lowest BCUT2D eigenvalue weighted by Gasteiger charge is -2.33. The van der Waals surface area contributed by atoms with Gasteiger partial charge in [-0.05, 0) is 32.3 Å². The van der Waals surface area contributed by atoms with Crippen LogP contribution in [0.25, 0.3) is 0 Å². The number of aliphatic hydroxyl groups is 1. The number of carbonyl (C=O) groups is 2. The van der Waals surface area contributed by atoms with E-state index in [-0.39, 0.29) is 42.8 Å². The molecular weight excluding hydrogens is 364 g/mol. The first-order chi connectivity index (χ1) is 13.4.